The average molecular weight is 371 g/mol. The van der Waals surface area contributed by atoms with Crippen molar-refractivity contribution in [3.05, 3.63) is 68.7 Å². The predicted octanol–water partition coefficient (Wildman–Crippen LogP) is 5.11. The normalized spacial score (nSPS) is 11.1. The van der Waals surface area contributed by atoms with Crippen molar-refractivity contribution in [1.29, 1.82) is 0 Å². The van der Waals surface area contributed by atoms with Crippen molar-refractivity contribution in [1.82, 2.24) is 0 Å². The van der Waals surface area contributed by atoms with Crippen LogP contribution in [0.15, 0.2) is 57.7 Å². The zero-order valence-electron chi connectivity index (χ0n) is 13.0. The maximum atomic E-state index is 12.4. The van der Waals surface area contributed by atoms with Crippen LogP contribution in [0.25, 0.3) is 32.4 Å². The number of halogens is 1. The predicted molar refractivity (Wildman–Crippen MR) is 99.7 cm³/mol. The lowest BCUT2D eigenvalue weighted by atomic mass is 10.1. The number of esters is 1. The first-order valence-electron chi connectivity index (χ1n) is 7.41. The summed E-state index contributed by atoms with van der Waals surface area (Å²) >= 11 is 7.25. The highest BCUT2D eigenvalue weighted by Crippen LogP contribution is 2.33. The Kier molecular flexibility index (Phi) is 3.82. The lowest BCUT2D eigenvalue weighted by Crippen LogP contribution is -2.00. The Morgan fingerprint density at radius 3 is 2.56 bits per heavy atom. The van der Waals surface area contributed by atoms with Gasteiger partial charge in [-0.1, -0.05) is 35.1 Å². The second-order valence-corrected chi connectivity index (χ2v) is 6.90. The van der Waals surface area contributed by atoms with Gasteiger partial charge < -0.3 is 9.15 Å². The summed E-state index contributed by atoms with van der Waals surface area (Å²) < 4.78 is 11.4. The molecular formula is C19H11ClO4S. The number of hydrogen-bond acceptors (Lipinski definition) is 5. The minimum absolute atomic E-state index is 0.0639. The summed E-state index contributed by atoms with van der Waals surface area (Å²) in [5.41, 5.74) is 1.74. The second-order valence-electron chi connectivity index (χ2n) is 5.45. The molecule has 4 nitrogen and oxygen atoms in total. The molecule has 0 aliphatic heterocycles. The molecule has 25 heavy (non-hydrogen) atoms. The van der Waals surface area contributed by atoms with Gasteiger partial charge in [0.25, 0.3) is 0 Å². The molecule has 2 aromatic heterocycles. The summed E-state index contributed by atoms with van der Waals surface area (Å²) in [6.07, 6.45) is 0. The molecule has 0 aliphatic carbocycles. The molecule has 0 aliphatic rings. The van der Waals surface area contributed by atoms with Gasteiger partial charge in [-0.3, -0.25) is 4.79 Å². The van der Waals surface area contributed by atoms with Gasteiger partial charge in [-0.05, 0) is 36.4 Å². The fourth-order valence-corrected chi connectivity index (χ4v) is 3.73. The first-order valence-corrected chi connectivity index (χ1v) is 8.61. The molecule has 0 unspecified atom stereocenters. The first kappa shape index (κ1) is 15.9. The molecule has 4 aromatic rings. The fourth-order valence-electron chi connectivity index (χ4n) is 2.70. The number of hydrogen-bond donors (Lipinski definition) is 0. The molecule has 0 fully saturated rings. The van der Waals surface area contributed by atoms with Crippen LogP contribution in [0.3, 0.4) is 0 Å². The van der Waals surface area contributed by atoms with E-state index in [9.17, 15) is 9.59 Å². The largest absolute Gasteiger partial charge is 0.465 e. The maximum Gasteiger partial charge on any atom is 0.337 e. The van der Waals surface area contributed by atoms with E-state index in [-0.39, 0.29) is 4.74 Å². The number of benzene rings is 2. The van der Waals surface area contributed by atoms with Crippen LogP contribution < -0.4 is 4.74 Å². The fraction of sp³-hybridized carbons (Fsp3) is 0.0526. The minimum atomic E-state index is -0.402. The number of carbonyl (C=O) groups is 1. The Bertz CT molecular complexity index is 1170. The second kappa shape index (κ2) is 6.02. The summed E-state index contributed by atoms with van der Waals surface area (Å²) in [4.78, 5) is 23.9. The van der Waals surface area contributed by atoms with E-state index >= 15 is 0 Å². The Labute approximate surface area is 151 Å². The minimum Gasteiger partial charge on any atom is -0.465 e. The van der Waals surface area contributed by atoms with Crippen molar-refractivity contribution >= 4 is 50.0 Å². The van der Waals surface area contributed by atoms with E-state index in [0.717, 1.165) is 27.0 Å². The smallest absolute Gasteiger partial charge is 0.337 e. The Morgan fingerprint density at radius 1 is 1.08 bits per heavy atom. The molecule has 0 saturated heterocycles. The molecule has 124 valence electrons. The molecule has 0 bridgehead atoms. The molecule has 2 aromatic carbocycles. The lowest BCUT2D eigenvalue weighted by molar-refractivity contribution is 0.0601. The van der Waals surface area contributed by atoms with Gasteiger partial charge in [0.15, 0.2) is 0 Å². The third-order valence-electron chi connectivity index (χ3n) is 3.93. The molecule has 0 amide bonds. The van der Waals surface area contributed by atoms with Crippen molar-refractivity contribution in [2.75, 3.05) is 7.11 Å². The van der Waals surface area contributed by atoms with Crippen LogP contribution >= 0.6 is 22.9 Å². The SMILES string of the molecule is COC(=O)c1ccc(-c2cc3c(=O)sc4ccc(Cl)cc4c3o2)cc1. The van der Waals surface area contributed by atoms with Crippen molar-refractivity contribution in [2.24, 2.45) is 0 Å². The molecule has 0 saturated carbocycles. The monoisotopic (exact) mass is 370 g/mol. The van der Waals surface area contributed by atoms with Crippen LogP contribution in [0.1, 0.15) is 10.4 Å². The molecule has 4 rings (SSSR count). The van der Waals surface area contributed by atoms with E-state index in [1.165, 1.54) is 7.11 Å². The van der Waals surface area contributed by atoms with E-state index < -0.39 is 5.97 Å². The van der Waals surface area contributed by atoms with Crippen LogP contribution in [0, 0.1) is 0 Å². The van der Waals surface area contributed by atoms with Crippen molar-refractivity contribution in [2.45, 2.75) is 0 Å². The molecular weight excluding hydrogens is 360 g/mol. The van der Waals surface area contributed by atoms with Gasteiger partial charge >= 0.3 is 5.97 Å². The van der Waals surface area contributed by atoms with E-state index in [0.29, 0.717) is 27.3 Å². The number of ether oxygens (including phenoxy) is 1. The Balaban J connectivity index is 1.90. The summed E-state index contributed by atoms with van der Waals surface area (Å²) in [6.45, 7) is 0. The number of methoxy groups -OCH3 is 1. The van der Waals surface area contributed by atoms with Crippen LogP contribution in [0.5, 0.6) is 0 Å². The maximum absolute atomic E-state index is 12.4. The number of furan rings is 1. The third kappa shape index (κ3) is 2.71. The van der Waals surface area contributed by atoms with Crippen molar-refractivity contribution in [3.8, 4) is 11.3 Å². The van der Waals surface area contributed by atoms with Gasteiger partial charge in [0.1, 0.15) is 11.3 Å². The van der Waals surface area contributed by atoms with Gasteiger partial charge in [0, 0.05) is 20.7 Å². The first-order chi connectivity index (χ1) is 12.1. The highest BCUT2D eigenvalue weighted by atomic mass is 35.5. The third-order valence-corrected chi connectivity index (χ3v) is 5.15. The van der Waals surface area contributed by atoms with E-state index in [1.54, 1.807) is 42.5 Å². The highest BCUT2D eigenvalue weighted by molar-refractivity contribution is 7.17. The topological polar surface area (TPSA) is 56.5 Å². The number of rotatable bonds is 2. The molecule has 0 atom stereocenters. The van der Waals surface area contributed by atoms with Gasteiger partial charge in [0.2, 0.25) is 4.74 Å². The molecule has 0 spiro atoms. The summed E-state index contributed by atoms with van der Waals surface area (Å²) in [6, 6.07) is 13.9. The van der Waals surface area contributed by atoms with Gasteiger partial charge in [0.05, 0.1) is 18.1 Å². The van der Waals surface area contributed by atoms with E-state index in [2.05, 4.69) is 0 Å². The Morgan fingerprint density at radius 2 is 1.84 bits per heavy atom. The average Bonchev–Trinajstić information content (AvgIpc) is 3.08. The number of fused-ring (bicyclic) bond motifs is 3. The zero-order chi connectivity index (χ0) is 17.6. The van der Waals surface area contributed by atoms with Crippen LogP contribution in [-0.4, -0.2) is 13.1 Å². The molecule has 6 heteroatoms. The summed E-state index contributed by atoms with van der Waals surface area (Å²) in [5.74, 6) is 0.156. The molecule has 0 N–H and O–H groups in total. The van der Waals surface area contributed by atoms with Crippen molar-refractivity contribution in [3.63, 3.8) is 0 Å². The summed E-state index contributed by atoms with van der Waals surface area (Å²) in [7, 11) is 1.34. The van der Waals surface area contributed by atoms with Crippen LogP contribution in [0.2, 0.25) is 5.02 Å². The van der Waals surface area contributed by atoms with Gasteiger partial charge in [-0.25, -0.2) is 4.79 Å². The quantitative estimate of drug-likeness (QED) is 0.460. The summed E-state index contributed by atoms with van der Waals surface area (Å²) in [5, 5.41) is 1.91. The van der Waals surface area contributed by atoms with Crippen molar-refractivity contribution < 1.29 is 13.9 Å². The zero-order valence-corrected chi connectivity index (χ0v) is 14.6. The van der Waals surface area contributed by atoms with Gasteiger partial charge in [-0.2, -0.15) is 0 Å². The molecule has 0 radical (unpaired) electrons. The molecule has 2 heterocycles. The highest BCUT2D eigenvalue weighted by Gasteiger charge is 2.14. The van der Waals surface area contributed by atoms with Crippen LogP contribution in [-0.2, 0) is 4.74 Å². The van der Waals surface area contributed by atoms with E-state index in [1.807, 2.05) is 6.07 Å². The van der Waals surface area contributed by atoms with E-state index in [4.69, 9.17) is 20.8 Å². The number of carbonyl (C=O) groups excluding carboxylic acids is 1. The standard InChI is InChI=1S/C19H11ClO4S/c1-23-18(21)11-4-2-10(3-5-11)15-9-14-17(24-15)13-8-12(20)6-7-16(13)25-19(14)22/h2-9H,1H3. The Hall–Kier alpha value is -2.63. The van der Waals surface area contributed by atoms with Crippen LogP contribution in [0.4, 0.5) is 0 Å². The lowest BCUT2D eigenvalue weighted by Gasteiger charge is -2.00. The van der Waals surface area contributed by atoms with Gasteiger partial charge in [-0.15, -0.1) is 0 Å².